The molecule has 1 unspecified atom stereocenters. The van der Waals surface area contributed by atoms with E-state index in [-0.39, 0.29) is 11.6 Å². The third-order valence-corrected chi connectivity index (χ3v) is 6.11. The fourth-order valence-electron chi connectivity index (χ4n) is 3.88. The largest absolute Gasteiger partial charge is 0.491 e. The molecule has 180 valence electrons. The van der Waals surface area contributed by atoms with E-state index in [0.29, 0.717) is 23.6 Å². The number of anilines is 1. The lowest BCUT2D eigenvalue weighted by Crippen LogP contribution is -2.17. The van der Waals surface area contributed by atoms with Gasteiger partial charge in [-0.3, -0.25) is 5.41 Å². The van der Waals surface area contributed by atoms with Gasteiger partial charge in [-0.15, -0.1) is 12.6 Å². The highest BCUT2D eigenvalue weighted by atomic mass is 32.1. The quantitative estimate of drug-likeness (QED) is 0.114. The molecule has 1 aromatic heterocycles. The topological polar surface area (TPSA) is 99.8 Å². The Bertz CT molecular complexity index is 1340. The van der Waals surface area contributed by atoms with E-state index in [2.05, 4.69) is 27.9 Å². The average Bonchev–Trinajstić information content (AvgIpc) is 3.34. The molecule has 6 nitrogen and oxygen atoms in total. The minimum absolute atomic E-state index is 0.0164. The van der Waals surface area contributed by atoms with Gasteiger partial charge < -0.3 is 20.8 Å². The summed E-state index contributed by atoms with van der Waals surface area (Å²) in [7, 11) is 0. The van der Waals surface area contributed by atoms with Crippen molar-refractivity contribution >= 4 is 24.2 Å². The summed E-state index contributed by atoms with van der Waals surface area (Å²) in [6, 6.07) is 17.8. The van der Waals surface area contributed by atoms with E-state index in [4.69, 9.17) is 15.9 Å². The highest BCUT2D eigenvalue weighted by Crippen LogP contribution is 2.34. The number of H-pyrrole nitrogens is 1. The van der Waals surface area contributed by atoms with Gasteiger partial charge in [0.2, 0.25) is 0 Å². The molecule has 0 aliphatic rings. The Morgan fingerprint density at radius 3 is 2.57 bits per heavy atom. The molecule has 0 aliphatic heterocycles. The predicted molar refractivity (Wildman–Crippen MR) is 141 cm³/mol. The highest BCUT2D eigenvalue weighted by molar-refractivity contribution is 7.80. The number of aryl methyl sites for hydroxylation is 1. The summed E-state index contributed by atoms with van der Waals surface area (Å²) in [5.74, 6) is 0.307. The van der Waals surface area contributed by atoms with E-state index in [1.165, 1.54) is 0 Å². The summed E-state index contributed by atoms with van der Waals surface area (Å²) in [4.78, 5) is 8.77. The molecular weight excluding hydrogens is 461 g/mol. The number of benzene rings is 3. The molecule has 3 aromatic carbocycles. The first-order valence-corrected chi connectivity index (χ1v) is 11.8. The summed E-state index contributed by atoms with van der Waals surface area (Å²) >= 11 is 4.56. The molecule has 0 bridgehead atoms. The van der Waals surface area contributed by atoms with Crippen molar-refractivity contribution in [2.75, 3.05) is 11.9 Å². The molecule has 0 fully saturated rings. The Labute approximate surface area is 209 Å². The third-order valence-electron chi connectivity index (χ3n) is 5.72. The fourth-order valence-corrected chi connectivity index (χ4v) is 4.16. The zero-order valence-electron chi connectivity index (χ0n) is 19.6. The summed E-state index contributed by atoms with van der Waals surface area (Å²) in [6.45, 7) is 4.21. The number of hydrogen-bond acceptors (Lipinski definition) is 5. The number of nitrogens with two attached hydrogens (primary N) is 1. The lowest BCUT2D eigenvalue weighted by Gasteiger charge is -2.21. The molecule has 0 saturated heterocycles. The lowest BCUT2D eigenvalue weighted by atomic mass is 10.00. The molecule has 0 saturated carbocycles. The standard InChI is InChI=1S/C27H28FN5OS/c1-3-16-13-20(24(28)22(14-16)34-4-2)25(32-18-11-9-17(10-12-18)26(29)30)27-31-15-21(33-27)19-7-5-6-8-23(19)35/h5-15,25,32,35H,3-4H2,1-2H3,(H3,29,30)(H,31,33). The van der Waals surface area contributed by atoms with Gasteiger partial charge in [0.15, 0.2) is 11.6 Å². The predicted octanol–water partition coefficient (Wildman–Crippen LogP) is 5.95. The van der Waals surface area contributed by atoms with Crippen molar-refractivity contribution < 1.29 is 9.13 Å². The summed E-state index contributed by atoms with van der Waals surface area (Å²) in [6.07, 6.45) is 2.45. The van der Waals surface area contributed by atoms with Gasteiger partial charge in [-0.1, -0.05) is 31.2 Å². The number of nitrogens with one attached hydrogen (secondary N) is 3. The van der Waals surface area contributed by atoms with Crippen molar-refractivity contribution in [2.24, 2.45) is 5.73 Å². The van der Waals surface area contributed by atoms with Crippen molar-refractivity contribution in [3.05, 3.63) is 95.2 Å². The molecule has 0 spiro atoms. The van der Waals surface area contributed by atoms with Crippen molar-refractivity contribution in [3.8, 4) is 17.0 Å². The SMILES string of the molecule is CCOc1cc(CC)cc(C(Nc2ccc(C(=N)N)cc2)c2ncc(-c3ccccc3S)[nH]2)c1F. The molecule has 35 heavy (non-hydrogen) atoms. The van der Waals surface area contributed by atoms with Crippen LogP contribution in [0.4, 0.5) is 10.1 Å². The second-order valence-electron chi connectivity index (χ2n) is 8.05. The number of aromatic nitrogens is 2. The average molecular weight is 490 g/mol. The van der Waals surface area contributed by atoms with Crippen LogP contribution >= 0.6 is 12.6 Å². The Morgan fingerprint density at radius 1 is 1.17 bits per heavy atom. The second kappa shape index (κ2) is 10.7. The first-order valence-electron chi connectivity index (χ1n) is 11.4. The van der Waals surface area contributed by atoms with Crippen LogP contribution in [0.3, 0.4) is 0 Å². The van der Waals surface area contributed by atoms with Gasteiger partial charge in [0, 0.05) is 27.3 Å². The van der Waals surface area contributed by atoms with Gasteiger partial charge in [-0.25, -0.2) is 9.37 Å². The number of nitrogens with zero attached hydrogens (tertiary/aromatic N) is 1. The Balaban J connectivity index is 1.81. The first-order chi connectivity index (χ1) is 16.9. The van der Waals surface area contributed by atoms with Gasteiger partial charge >= 0.3 is 0 Å². The van der Waals surface area contributed by atoms with Crippen LogP contribution in [0.2, 0.25) is 0 Å². The summed E-state index contributed by atoms with van der Waals surface area (Å²) in [5.41, 5.74) is 9.98. The minimum atomic E-state index is -0.635. The molecule has 8 heteroatoms. The van der Waals surface area contributed by atoms with E-state index < -0.39 is 11.9 Å². The van der Waals surface area contributed by atoms with E-state index >= 15 is 4.39 Å². The van der Waals surface area contributed by atoms with Crippen LogP contribution in [0, 0.1) is 11.2 Å². The van der Waals surface area contributed by atoms with Gasteiger partial charge in [0.05, 0.1) is 18.5 Å². The maximum absolute atomic E-state index is 15.7. The zero-order chi connectivity index (χ0) is 24.9. The lowest BCUT2D eigenvalue weighted by molar-refractivity contribution is 0.319. The van der Waals surface area contributed by atoms with Crippen LogP contribution in [0.5, 0.6) is 5.75 Å². The van der Waals surface area contributed by atoms with Crippen LogP contribution in [-0.4, -0.2) is 22.4 Å². The molecule has 1 heterocycles. The van der Waals surface area contributed by atoms with E-state index in [9.17, 15) is 0 Å². The highest BCUT2D eigenvalue weighted by Gasteiger charge is 2.25. The minimum Gasteiger partial charge on any atom is -0.491 e. The molecule has 0 radical (unpaired) electrons. The number of nitrogen functional groups attached to an aromatic ring is 1. The molecule has 4 rings (SSSR count). The Hall–Kier alpha value is -3.78. The number of imidazole rings is 1. The zero-order valence-corrected chi connectivity index (χ0v) is 20.5. The van der Waals surface area contributed by atoms with Gasteiger partial charge in [0.25, 0.3) is 0 Å². The van der Waals surface area contributed by atoms with Crippen molar-refractivity contribution in [2.45, 2.75) is 31.2 Å². The number of hydrogen-bond donors (Lipinski definition) is 5. The van der Waals surface area contributed by atoms with Crippen molar-refractivity contribution in [3.63, 3.8) is 0 Å². The van der Waals surface area contributed by atoms with Crippen LogP contribution in [0.1, 0.15) is 42.4 Å². The molecule has 0 aliphatic carbocycles. The molecule has 1 atom stereocenters. The van der Waals surface area contributed by atoms with Crippen LogP contribution in [0.25, 0.3) is 11.3 Å². The number of amidine groups is 1. The number of halogens is 1. The van der Waals surface area contributed by atoms with E-state index in [0.717, 1.165) is 33.8 Å². The van der Waals surface area contributed by atoms with Gasteiger partial charge in [-0.05, 0) is 55.3 Å². The monoisotopic (exact) mass is 489 g/mol. The van der Waals surface area contributed by atoms with E-state index in [1.54, 1.807) is 24.4 Å². The van der Waals surface area contributed by atoms with Gasteiger partial charge in [0.1, 0.15) is 17.7 Å². The molecule has 5 N–H and O–H groups in total. The van der Waals surface area contributed by atoms with E-state index in [1.807, 2.05) is 56.3 Å². The van der Waals surface area contributed by atoms with Crippen molar-refractivity contribution in [1.82, 2.24) is 9.97 Å². The summed E-state index contributed by atoms with van der Waals surface area (Å²) < 4.78 is 21.3. The van der Waals surface area contributed by atoms with Gasteiger partial charge in [-0.2, -0.15) is 0 Å². The third kappa shape index (κ3) is 5.33. The normalized spacial score (nSPS) is 11.8. The van der Waals surface area contributed by atoms with Crippen molar-refractivity contribution in [1.29, 1.82) is 5.41 Å². The summed E-state index contributed by atoms with van der Waals surface area (Å²) in [5, 5.41) is 11.0. The maximum atomic E-state index is 15.7. The molecule has 0 amide bonds. The number of aromatic amines is 1. The number of ether oxygens (including phenoxy) is 1. The smallest absolute Gasteiger partial charge is 0.170 e. The van der Waals surface area contributed by atoms with Crippen LogP contribution < -0.4 is 15.8 Å². The Kier molecular flexibility index (Phi) is 7.41. The van der Waals surface area contributed by atoms with Crippen LogP contribution in [-0.2, 0) is 6.42 Å². The second-order valence-corrected chi connectivity index (χ2v) is 8.53. The Morgan fingerprint density at radius 2 is 1.91 bits per heavy atom. The molecular formula is C27H28FN5OS. The number of thiol groups is 1. The fraction of sp³-hybridized carbons (Fsp3) is 0.185. The molecule has 4 aromatic rings. The number of rotatable bonds is 9. The van der Waals surface area contributed by atoms with Crippen LogP contribution in [0.15, 0.2) is 71.8 Å². The maximum Gasteiger partial charge on any atom is 0.170 e. The first kappa shape index (κ1) is 24.3.